The van der Waals surface area contributed by atoms with E-state index in [0.29, 0.717) is 39.3 Å². The molecule has 29 heavy (non-hydrogen) atoms. The smallest absolute Gasteiger partial charge is 0.143 e. The molecule has 0 saturated carbocycles. The second-order valence-electron chi connectivity index (χ2n) is 7.67. The summed E-state index contributed by atoms with van der Waals surface area (Å²) in [7, 11) is 0. The summed E-state index contributed by atoms with van der Waals surface area (Å²) in [4.78, 5) is 0. The van der Waals surface area contributed by atoms with Gasteiger partial charge in [-0.15, -0.1) is 13.2 Å². The van der Waals surface area contributed by atoms with Crippen molar-refractivity contribution >= 4 is 0 Å². The highest BCUT2D eigenvalue weighted by Gasteiger charge is 2.53. The minimum absolute atomic E-state index is 0.205. The molecule has 0 spiro atoms. The van der Waals surface area contributed by atoms with Gasteiger partial charge in [0, 0.05) is 11.1 Å². The Hall–Kier alpha value is -2.60. The third-order valence-electron chi connectivity index (χ3n) is 5.55. The van der Waals surface area contributed by atoms with Crippen molar-refractivity contribution in [2.75, 3.05) is 26.4 Å². The summed E-state index contributed by atoms with van der Waals surface area (Å²) in [5.74, 6) is 0.411. The quantitative estimate of drug-likeness (QED) is 0.475. The van der Waals surface area contributed by atoms with Crippen molar-refractivity contribution in [3.8, 4) is 11.5 Å². The normalized spacial score (nSPS) is 24.8. The number of ether oxygens (including phenoxy) is 3. The van der Waals surface area contributed by atoms with Crippen LogP contribution in [0.15, 0.2) is 61.7 Å². The molecule has 2 N–H and O–H groups in total. The zero-order chi connectivity index (χ0) is 20.5. The van der Waals surface area contributed by atoms with E-state index in [1.54, 1.807) is 12.1 Å². The van der Waals surface area contributed by atoms with Crippen LogP contribution in [0, 0.1) is 0 Å². The first-order chi connectivity index (χ1) is 14.1. The first-order valence-corrected chi connectivity index (χ1v) is 9.75. The maximum atomic E-state index is 10.4. The summed E-state index contributed by atoms with van der Waals surface area (Å²) in [6, 6.07) is 10.9. The van der Waals surface area contributed by atoms with Crippen molar-refractivity contribution in [2.45, 2.75) is 24.0 Å². The van der Waals surface area contributed by atoms with Crippen molar-refractivity contribution in [3.05, 3.63) is 84.0 Å². The van der Waals surface area contributed by atoms with Gasteiger partial charge in [0.25, 0.3) is 0 Å². The van der Waals surface area contributed by atoms with Gasteiger partial charge in [0.1, 0.15) is 22.7 Å². The van der Waals surface area contributed by atoms with Gasteiger partial charge in [-0.25, -0.2) is 0 Å². The summed E-state index contributed by atoms with van der Waals surface area (Å²) >= 11 is 0. The fourth-order valence-corrected chi connectivity index (χ4v) is 4.03. The molecule has 2 aliphatic rings. The summed E-state index contributed by atoms with van der Waals surface area (Å²) < 4.78 is 17.6. The number of phenols is 2. The molecular weight excluding hydrogens is 368 g/mol. The number of allylic oxidation sites excluding steroid dienone is 2. The van der Waals surface area contributed by atoms with Gasteiger partial charge in [-0.05, 0) is 36.1 Å². The Morgan fingerprint density at radius 1 is 0.828 bits per heavy atom. The highest BCUT2D eigenvalue weighted by atomic mass is 16.6. The molecule has 0 amide bonds. The maximum absolute atomic E-state index is 10.4. The van der Waals surface area contributed by atoms with E-state index in [1.165, 1.54) is 0 Å². The van der Waals surface area contributed by atoms with E-state index in [4.69, 9.17) is 14.2 Å². The van der Waals surface area contributed by atoms with Crippen LogP contribution in [0.1, 0.15) is 22.3 Å². The number of hydrogen-bond donors (Lipinski definition) is 2. The number of epoxide rings is 2. The van der Waals surface area contributed by atoms with Gasteiger partial charge in [0.15, 0.2) is 0 Å². The summed E-state index contributed by atoms with van der Waals surface area (Å²) in [6.07, 6.45) is 4.90. The first-order valence-electron chi connectivity index (χ1n) is 9.75. The van der Waals surface area contributed by atoms with Gasteiger partial charge in [0.05, 0.1) is 26.4 Å². The third kappa shape index (κ3) is 3.69. The van der Waals surface area contributed by atoms with Crippen LogP contribution in [0.25, 0.3) is 0 Å². The van der Waals surface area contributed by atoms with Gasteiger partial charge in [-0.1, -0.05) is 36.4 Å². The van der Waals surface area contributed by atoms with Crippen molar-refractivity contribution in [2.24, 2.45) is 0 Å². The molecule has 0 bridgehead atoms. The molecule has 2 fully saturated rings. The van der Waals surface area contributed by atoms with E-state index in [9.17, 15) is 10.2 Å². The lowest BCUT2D eigenvalue weighted by molar-refractivity contribution is 0.0387. The SMILES string of the molecule is C=CCc1cccc(O)c1C1(COCC2(c3c(O)cccc3CC=C)CO2)CO1. The number of benzene rings is 2. The number of aromatic hydroxyl groups is 2. The molecule has 152 valence electrons. The molecule has 2 heterocycles. The molecule has 2 aliphatic heterocycles. The van der Waals surface area contributed by atoms with E-state index < -0.39 is 11.2 Å². The van der Waals surface area contributed by atoms with Crippen LogP contribution in [-0.2, 0) is 38.3 Å². The van der Waals surface area contributed by atoms with Gasteiger partial charge >= 0.3 is 0 Å². The summed E-state index contributed by atoms with van der Waals surface area (Å²) in [6.45, 7) is 9.16. The Kier molecular flexibility index (Phi) is 5.21. The minimum Gasteiger partial charge on any atom is -0.508 e. The molecule has 5 nitrogen and oxygen atoms in total. The third-order valence-corrected chi connectivity index (χ3v) is 5.55. The molecule has 2 unspecified atom stereocenters. The van der Waals surface area contributed by atoms with Crippen LogP contribution < -0.4 is 0 Å². The van der Waals surface area contributed by atoms with E-state index >= 15 is 0 Å². The molecule has 4 rings (SSSR count). The molecule has 0 aromatic heterocycles. The summed E-state index contributed by atoms with van der Waals surface area (Å²) in [5, 5.41) is 20.9. The average molecular weight is 394 g/mol. The average Bonchev–Trinajstić information content (AvgIpc) is 3.61. The Balaban J connectivity index is 1.51. The van der Waals surface area contributed by atoms with Crippen LogP contribution in [0.4, 0.5) is 0 Å². The lowest BCUT2D eigenvalue weighted by Gasteiger charge is -2.21. The molecule has 2 aromatic carbocycles. The van der Waals surface area contributed by atoms with Gasteiger partial charge in [-0.2, -0.15) is 0 Å². The van der Waals surface area contributed by atoms with Crippen LogP contribution in [0.3, 0.4) is 0 Å². The molecule has 5 heteroatoms. The first kappa shape index (κ1) is 19.7. The fraction of sp³-hybridized carbons (Fsp3) is 0.333. The topological polar surface area (TPSA) is 74.8 Å². The predicted molar refractivity (Wildman–Crippen MR) is 110 cm³/mol. The largest absolute Gasteiger partial charge is 0.508 e. The maximum Gasteiger partial charge on any atom is 0.143 e. The Morgan fingerprint density at radius 2 is 1.24 bits per heavy atom. The summed E-state index contributed by atoms with van der Waals surface area (Å²) in [5.41, 5.74) is 2.19. The second-order valence-corrected chi connectivity index (χ2v) is 7.67. The minimum atomic E-state index is -0.650. The van der Waals surface area contributed by atoms with Crippen LogP contribution >= 0.6 is 0 Å². The Labute approximate surface area is 170 Å². The molecular formula is C24H26O5. The van der Waals surface area contributed by atoms with Gasteiger partial charge in [-0.3, -0.25) is 0 Å². The van der Waals surface area contributed by atoms with Crippen LogP contribution in [-0.4, -0.2) is 36.6 Å². The van der Waals surface area contributed by atoms with Crippen molar-refractivity contribution in [3.63, 3.8) is 0 Å². The standard InChI is InChI=1S/C24H26O5/c1-3-7-17-9-5-11-19(25)21(17)23(15-28-23)13-27-14-24(16-29-24)22-18(8-4-2)10-6-12-20(22)26/h3-6,9-12,25-26H,1-2,7-8,13-16H2. The van der Waals surface area contributed by atoms with Crippen molar-refractivity contribution in [1.29, 1.82) is 0 Å². The van der Waals surface area contributed by atoms with Gasteiger partial charge in [0.2, 0.25) is 0 Å². The van der Waals surface area contributed by atoms with Crippen molar-refractivity contribution in [1.82, 2.24) is 0 Å². The van der Waals surface area contributed by atoms with Crippen LogP contribution in [0.5, 0.6) is 11.5 Å². The predicted octanol–water partition coefficient (Wildman–Crippen LogP) is 3.72. The highest BCUT2D eigenvalue weighted by Crippen LogP contribution is 2.48. The van der Waals surface area contributed by atoms with Gasteiger partial charge < -0.3 is 24.4 Å². The number of hydrogen-bond acceptors (Lipinski definition) is 5. The Bertz CT molecular complexity index is 849. The second kappa shape index (κ2) is 7.67. The monoisotopic (exact) mass is 394 g/mol. The zero-order valence-corrected chi connectivity index (χ0v) is 16.4. The molecule has 2 aromatic rings. The lowest BCUT2D eigenvalue weighted by Crippen LogP contribution is -2.25. The lowest BCUT2D eigenvalue weighted by atomic mass is 9.91. The Morgan fingerprint density at radius 3 is 1.59 bits per heavy atom. The zero-order valence-electron chi connectivity index (χ0n) is 16.4. The number of rotatable bonds is 10. The van der Waals surface area contributed by atoms with E-state index in [0.717, 1.165) is 22.3 Å². The molecule has 0 aliphatic carbocycles. The van der Waals surface area contributed by atoms with E-state index in [1.807, 2.05) is 36.4 Å². The molecule has 2 saturated heterocycles. The highest BCUT2D eigenvalue weighted by molar-refractivity contribution is 5.48. The molecule has 2 atom stereocenters. The fourth-order valence-electron chi connectivity index (χ4n) is 4.03. The van der Waals surface area contributed by atoms with Crippen LogP contribution in [0.2, 0.25) is 0 Å². The van der Waals surface area contributed by atoms with E-state index in [2.05, 4.69) is 13.2 Å². The molecule has 0 radical (unpaired) electrons. The number of phenolic OH excluding ortho intramolecular Hbond substituents is 2. The van der Waals surface area contributed by atoms with Crippen molar-refractivity contribution < 1.29 is 24.4 Å². The van der Waals surface area contributed by atoms with E-state index in [-0.39, 0.29) is 11.5 Å².